The summed E-state index contributed by atoms with van der Waals surface area (Å²) in [5.41, 5.74) is 8.04. The maximum atomic E-state index is 10.1. The Labute approximate surface area is 118 Å². The van der Waals surface area contributed by atoms with E-state index in [-0.39, 0.29) is 13.2 Å². The molecule has 0 aliphatic carbocycles. The summed E-state index contributed by atoms with van der Waals surface area (Å²) in [4.78, 5) is 0. The number of nitrogens with two attached hydrogens (primary N) is 1. The Morgan fingerprint density at radius 2 is 1.75 bits per heavy atom. The van der Waals surface area contributed by atoms with Gasteiger partial charge in [0.1, 0.15) is 18.5 Å². The van der Waals surface area contributed by atoms with Crippen LogP contribution in [0.25, 0.3) is 0 Å². The van der Waals surface area contributed by atoms with Crippen LogP contribution in [0.15, 0.2) is 48.5 Å². The molecule has 1 unspecified atom stereocenters. The van der Waals surface area contributed by atoms with Crippen LogP contribution in [0.2, 0.25) is 0 Å². The first-order chi connectivity index (χ1) is 9.74. The summed E-state index contributed by atoms with van der Waals surface area (Å²) in [6, 6.07) is 14.7. The van der Waals surface area contributed by atoms with Gasteiger partial charge in [0, 0.05) is 12.1 Å². The number of rotatable bonds is 6. The molecule has 0 spiro atoms. The number of aliphatic hydroxyl groups excluding tert-OH is 2. The summed E-state index contributed by atoms with van der Waals surface area (Å²) < 4.78 is 5.57. The van der Waals surface area contributed by atoms with Crippen molar-refractivity contribution in [3.63, 3.8) is 0 Å². The summed E-state index contributed by atoms with van der Waals surface area (Å²) in [6.45, 7) is 0.535. The van der Waals surface area contributed by atoms with Crippen molar-refractivity contribution in [2.24, 2.45) is 5.73 Å². The van der Waals surface area contributed by atoms with E-state index in [1.807, 2.05) is 36.4 Å². The largest absolute Gasteiger partial charge is 0.490 e. The first-order valence-electron chi connectivity index (χ1n) is 6.53. The lowest BCUT2D eigenvalue weighted by Crippen LogP contribution is -2.11. The average molecular weight is 273 g/mol. The Balaban J connectivity index is 1.98. The molecule has 4 N–H and O–H groups in total. The first kappa shape index (κ1) is 14.5. The van der Waals surface area contributed by atoms with Crippen molar-refractivity contribution in [3.8, 4) is 5.75 Å². The summed E-state index contributed by atoms with van der Waals surface area (Å²) in [7, 11) is 0. The third kappa shape index (κ3) is 3.57. The highest BCUT2D eigenvalue weighted by atomic mass is 16.5. The van der Waals surface area contributed by atoms with Crippen molar-refractivity contribution in [3.05, 3.63) is 65.2 Å². The van der Waals surface area contributed by atoms with E-state index >= 15 is 0 Å². The Hall–Kier alpha value is -1.88. The standard InChI is InChI=1S/C16H19NO3/c17-9-12-5-7-13(8-6-12)15(19)11-20-16-4-2-1-3-14(16)10-18/h1-8,15,18-19H,9-11,17H2. The molecule has 0 saturated heterocycles. The molecule has 0 aliphatic heterocycles. The van der Waals surface area contributed by atoms with Crippen LogP contribution < -0.4 is 10.5 Å². The van der Waals surface area contributed by atoms with Gasteiger partial charge >= 0.3 is 0 Å². The minimum atomic E-state index is -0.714. The van der Waals surface area contributed by atoms with E-state index < -0.39 is 6.10 Å². The molecular weight excluding hydrogens is 254 g/mol. The van der Waals surface area contributed by atoms with E-state index in [4.69, 9.17) is 10.5 Å². The van der Waals surface area contributed by atoms with Gasteiger partial charge in [-0.1, -0.05) is 42.5 Å². The number of hydrogen-bond acceptors (Lipinski definition) is 4. The molecule has 0 amide bonds. The Bertz CT molecular complexity index is 540. The SMILES string of the molecule is NCc1ccc(C(O)COc2ccccc2CO)cc1. The lowest BCUT2D eigenvalue weighted by Gasteiger charge is -2.15. The molecular formula is C16H19NO3. The molecule has 0 aliphatic rings. The van der Waals surface area contributed by atoms with Crippen molar-refractivity contribution in [1.82, 2.24) is 0 Å². The van der Waals surface area contributed by atoms with Crippen molar-refractivity contribution in [2.75, 3.05) is 6.61 Å². The molecule has 0 radical (unpaired) electrons. The molecule has 2 aromatic carbocycles. The summed E-state index contributed by atoms with van der Waals surface area (Å²) in [5.74, 6) is 0.590. The van der Waals surface area contributed by atoms with Gasteiger partial charge in [-0.15, -0.1) is 0 Å². The van der Waals surface area contributed by atoms with Gasteiger partial charge in [0.25, 0.3) is 0 Å². The van der Waals surface area contributed by atoms with Crippen molar-refractivity contribution >= 4 is 0 Å². The molecule has 0 bridgehead atoms. The highest BCUT2D eigenvalue weighted by molar-refractivity contribution is 5.33. The van der Waals surface area contributed by atoms with E-state index in [2.05, 4.69) is 0 Å². The molecule has 0 fully saturated rings. The van der Waals surface area contributed by atoms with Crippen LogP contribution in [0.1, 0.15) is 22.8 Å². The van der Waals surface area contributed by atoms with Crippen molar-refractivity contribution in [2.45, 2.75) is 19.3 Å². The zero-order valence-electron chi connectivity index (χ0n) is 11.2. The summed E-state index contributed by atoms with van der Waals surface area (Å²) >= 11 is 0. The fourth-order valence-corrected chi connectivity index (χ4v) is 1.92. The Morgan fingerprint density at radius 3 is 2.40 bits per heavy atom. The minimum absolute atomic E-state index is 0.0858. The molecule has 2 rings (SSSR count). The van der Waals surface area contributed by atoms with Crippen LogP contribution in [0.3, 0.4) is 0 Å². The van der Waals surface area contributed by atoms with E-state index in [0.717, 1.165) is 11.1 Å². The minimum Gasteiger partial charge on any atom is -0.490 e. The number of aliphatic hydroxyl groups is 2. The van der Waals surface area contributed by atoms with Gasteiger partial charge in [-0.2, -0.15) is 0 Å². The molecule has 20 heavy (non-hydrogen) atoms. The van der Waals surface area contributed by atoms with Crippen LogP contribution in [-0.4, -0.2) is 16.8 Å². The van der Waals surface area contributed by atoms with Crippen molar-refractivity contribution in [1.29, 1.82) is 0 Å². The monoisotopic (exact) mass is 273 g/mol. The summed E-state index contributed by atoms with van der Waals surface area (Å²) in [6.07, 6.45) is -0.714. The second-order valence-corrected chi connectivity index (χ2v) is 4.54. The van der Waals surface area contributed by atoms with Gasteiger partial charge in [-0.3, -0.25) is 0 Å². The van der Waals surface area contributed by atoms with E-state index in [9.17, 15) is 10.2 Å². The highest BCUT2D eigenvalue weighted by Gasteiger charge is 2.10. The average Bonchev–Trinajstić information content (AvgIpc) is 2.53. The predicted octanol–water partition coefficient (Wildman–Crippen LogP) is 1.75. The normalized spacial score (nSPS) is 12.2. The van der Waals surface area contributed by atoms with E-state index in [1.165, 1.54) is 0 Å². The first-order valence-corrected chi connectivity index (χ1v) is 6.53. The van der Waals surface area contributed by atoms with Gasteiger partial charge in [0.15, 0.2) is 0 Å². The zero-order chi connectivity index (χ0) is 14.4. The molecule has 1 atom stereocenters. The lowest BCUT2D eigenvalue weighted by atomic mass is 10.1. The topological polar surface area (TPSA) is 75.7 Å². The number of hydrogen-bond donors (Lipinski definition) is 3. The van der Waals surface area contributed by atoms with Crippen molar-refractivity contribution < 1.29 is 14.9 Å². The predicted molar refractivity (Wildman–Crippen MR) is 77.2 cm³/mol. The smallest absolute Gasteiger partial charge is 0.124 e. The molecule has 0 aromatic heterocycles. The van der Waals surface area contributed by atoms with Gasteiger partial charge in [0.2, 0.25) is 0 Å². The third-order valence-corrected chi connectivity index (χ3v) is 3.14. The molecule has 2 aromatic rings. The van der Waals surface area contributed by atoms with E-state index in [1.54, 1.807) is 12.1 Å². The number of para-hydroxylation sites is 1. The van der Waals surface area contributed by atoms with Gasteiger partial charge < -0.3 is 20.7 Å². The quantitative estimate of drug-likeness (QED) is 0.749. The maximum Gasteiger partial charge on any atom is 0.124 e. The molecule has 0 saturated carbocycles. The molecule has 4 nitrogen and oxygen atoms in total. The summed E-state index contributed by atoms with van der Waals surface area (Å²) in [5, 5.41) is 19.3. The Morgan fingerprint density at radius 1 is 1.05 bits per heavy atom. The van der Waals surface area contributed by atoms with Gasteiger partial charge in [-0.05, 0) is 17.2 Å². The second kappa shape index (κ2) is 7.05. The van der Waals surface area contributed by atoms with Crippen LogP contribution in [-0.2, 0) is 13.2 Å². The van der Waals surface area contributed by atoms with Crippen LogP contribution in [0, 0.1) is 0 Å². The van der Waals surface area contributed by atoms with Crippen LogP contribution in [0.4, 0.5) is 0 Å². The van der Waals surface area contributed by atoms with Gasteiger partial charge in [0.05, 0.1) is 6.61 Å². The fraction of sp³-hybridized carbons (Fsp3) is 0.250. The molecule has 0 heterocycles. The van der Waals surface area contributed by atoms with E-state index in [0.29, 0.717) is 17.9 Å². The number of benzene rings is 2. The Kier molecular flexibility index (Phi) is 5.12. The lowest BCUT2D eigenvalue weighted by molar-refractivity contribution is 0.106. The highest BCUT2D eigenvalue weighted by Crippen LogP contribution is 2.20. The fourth-order valence-electron chi connectivity index (χ4n) is 1.92. The molecule has 106 valence electrons. The van der Waals surface area contributed by atoms with Crippen LogP contribution in [0.5, 0.6) is 5.75 Å². The second-order valence-electron chi connectivity index (χ2n) is 4.54. The molecule has 4 heteroatoms. The maximum absolute atomic E-state index is 10.1. The third-order valence-electron chi connectivity index (χ3n) is 3.14. The zero-order valence-corrected chi connectivity index (χ0v) is 11.2. The van der Waals surface area contributed by atoms with Gasteiger partial charge in [-0.25, -0.2) is 0 Å². The van der Waals surface area contributed by atoms with Crippen LogP contribution >= 0.6 is 0 Å². The number of ether oxygens (including phenoxy) is 1.